The molecule has 0 aliphatic heterocycles. The van der Waals surface area contributed by atoms with Crippen LogP contribution in [0.25, 0.3) is 0 Å². The van der Waals surface area contributed by atoms with E-state index in [1.165, 1.54) is 7.11 Å². The second-order valence-electron chi connectivity index (χ2n) is 4.47. The first-order valence-electron chi connectivity index (χ1n) is 5.25. The Morgan fingerprint density at radius 2 is 2.07 bits per heavy atom. The molecule has 3 nitrogen and oxygen atoms in total. The van der Waals surface area contributed by atoms with Crippen molar-refractivity contribution in [2.45, 2.75) is 39.7 Å². The van der Waals surface area contributed by atoms with Crippen molar-refractivity contribution in [3.05, 3.63) is 0 Å². The molecule has 2 atom stereocenters. The predicted octanol–water partition coefficient (Wildman–Crippen LogP) is 2.00. The SMILES string of the molecule is CCCCOC1C(C(=O)OC)C1(C)C. The normalized spacial score (nSPS) is 28.6. The quantitative estimate of drug-likeness (QED) is 0.503. The lowest BCUT2D eigenvalue weighted by molar-refractivity contribution is -0.143. The van der Waals surface area contributed by atoms with Gasteiger partial charge in [0.15, 0.2) is 0 Å². The van der Waals surface area contributed by atoms with Crippen LogP contribution in [0.15, 0.2) is 0 Å². The van der Waals surface area contributed by atoms with E-state index in [4.69, 9.17) is 9.47 Å². The Labute approximate surface area is 85.8 Å². The number of ether oxygens (including phenoxy) is 2. The van der Waals surface area contributed by atoms with Crippen LogP contribution in [0.1, 0.15) is 33.6 Å². The zero-order valence-electron chi connectivity index (χ0n) is 9.50. The predicted molar refractivity (Wildman–Crippen MR) is 53.9 cm³/mol. The fraction of sp³-hybridized carbons (Fsp3) is 0.909. The third-order valence-electron chi connectivity index (χ3n) is 2.98. The standard InChI is InChI=1S/C11H20O3/c1-5-6-7-14-9-8(10(12)13-4)11(9,2)3/h8-9H,5-7H2,1-4H3. The summed E-state index contributed by atoms with van der Waals surface area (Å²) in [6.45, 7) is 6.97. The number of hydrogen-bond acceptors (Lipinski definition) is 3. The molecule has 0 amide bonds. The number of carbonyl (C=O) groups is 1. The van der Waals surface area contributed by atoms with Crippen molar-refractivity contribution in [2.75, 3.05) is 13.7 Å². The maximum Gasteiger partial charge on any atom is 0.311 e. The van der Waals surface area contributed by atoms with Gasteiger partial charge in [-0.1, -0.05) is 27.2 Å². The van der Waals surface area contributed by atoms with Crippen molar-refractivity contribution in [2.24, 2.45) is 11.3 Å². The molecule has 0 saturated heterocycles. The highest BCUT2D eigenvalue weighted by molar-refractivity contribution is 5.78. The van der Waals surface area contributed by atoms with Gasteiger partial charge in [0.1, 0.15) is 0 Å². The smallest absolute Gasteiger partial charge is 0.311 e. The molecule has 14 heavy (non-hydrogen) atoms. The number of esters is 1. The molecule has 1 aliphatic rings. The van der Waals surface area contributed by atoms with Crippen molar-refractivity contribution < 1.29 is 14.3 Å². The van der Waals surface area contributed by atoms with Gasteiger partial charge in [-0.2, -0.15) is 0 Å². The Morgan fingerprint density at radius 1 is 1.43 bits per heavy atom. The maximum absolute atomic E-state index is 11.3. The van der Waals surface area contributed by atoms with Gasteiger partial charge in [-0.3, -0.25) is 4.79 Å². The Morgan fingerprint density at radius 3 is 2.57 bits per heavy atom. The Kier molecular flexibility index (Phi) is 3.53. The zero-order valence-corrected chi connectivity index (χ0v) is 9.50. The number of methoxy groups -OCH3 is 1. The molecule has 0 bridgehead atoms. The van der Waals surface area contributed by atoms with Crippen molar-refractivity contribution in [1.29, 1.82) is 0 Å². The van der Waals surface area contributed by atoms with Gasteiger partial charge in [-0.25, -0.2) is 0 Å². The van der Waals surface area contributed by atoms with Crippen LogP contribution in [0.2, 0.25) is 0 Å². The minimum atomic E-state index is -0.142. The van der Waals surface area contributed by atoms with Gasteiger partial charge in [0.25, 0.3) is 0 Å². The van der Waals surface area contributed by atoms with Crippen molar-refractivity contribution in [1.82, 2.24) is 0 Å². The first kappa shape index (κ1) is 11.5. The fourth-order valence-electron chi connectivity index (χ4n) is 1.81. The zero-order chi connectivity index (χ0) is 10.8. The molecule has 1 rings (SSSR count). The number of hydrogen-bond donors (Lipinski definition) is 0. The van der Waals surface area contributed by atoms with Gasteiger partial charge in [-0.05, 0) is 6.42 Å². The summed E-state index contributed by atoms with van der Waals surface area (Å²) in [5.41, 5.74) is -0.0408. The molecule has 0 N–H and O–H groups in total. The molecule has 0 spiro atoms. The topological polar surface area (TPSA) is 35.5 Å². The Balaban J connectivity index is 2.37. The molecule has 0 aromatic carbocycles. The Bertz CT molecular complexity index is 211. The summed E-state index contributed by atoms with van der Waals surface area (Å²) in [6, 6.07) is 0. The van der Waals surface area contributed by atoms with E-state index in [1.807, 2.05) is 13.8 Å². The first-order valence-corrected chi connectivity index (χ1v) is 5.25. The van der Waals surface area contributed by atoms with Crippen LogP contribution in [-0.4, -0.2) is 25.8 Å². The largest absolute Gasteiger partial charge is 0.469 e. The summed E-state index contributed by atoms with van der Waals surface area (Å²) >= 11 is 0. The molecule has 2 unspecified atom stereocenters. The van der Waals surface area contributed by atoms with Gasteiger partial charge in [0.2, 0.25) is 0 Å². The van der Waals surface area contributed by atoms with Crippen LogP contribution in [0, 0.1) is 11.3 Å². The van der Waals surface area contributed by atoms with Gasteiger partial charge in [0, 0.05) is 12.0 Å². The molecule has 1 saturated carbocycles. The molecule has 0 radical (unpaired) electrons. The van der Waals surface area contributed by atoms with Crippen LogP contribution >= 0.6 is 0 Å². The lowest BCUT2D eigenvalue weighted by Gasteiger charge is -2.03. The third-order valence-corrected chi connectivity index (χ3v) is 2.98. The second kappa shape index (κ2) is 4.30. The lowest BCUT2D eigenvalue weighted by atomic mass is 10.1. The minimum absolute atomic E-state index is 0.0408. The van der Waals surface area contributed by atoms with E-state index >= 15 is 0 Å². The highest BCUT2D eigenvalue weighted by Crippen LogP contribution is 2.54. The molecule has 1 aliphatic carbocycles. The van der Waals surface area contributed by atoms with Gasteiger partial charge < -0.3 is 9.47 Å². The molecule has 0 aromatic rings. The van der Waals surface area contributed by atoms with Crippen molar-refractivity contribution in [3.63, 3.8) is 0 Å². The molecule has 1 fully saturated rings. The van der Waals surface area contributed by atoms with E-state index in [0.29, 0.717) is 0 Å². The summed E-state index contributed by atoms with van der Waals surface area (Å²) in [5, 5.41) is 0. The van der Waals surface area contributed by atoms with E-state index in [-0.39, 0.29) is 23.4 Å². The molecular weight excluding hydrogens is 180 g/mol. The van der Waals surface area contributed by atoms with Crippen LogP contribution < -0.4 is 0 Å². The molecule has 0 heterocycles. The summed E-state index contributed by atoms with van der Waals surface area (Å²) in [5.74, 6) is -0.208. The average molecular weight is 200 g/mol. The molecular formula is C11H20O3. The van der Waals surface area contributed by atoms with E-state index in [2.05, 4.69) is 6.92 Å². The van der Waals surface area contributed by atoms with E-state index in [1.54, 1.807) is 0 Å². The van der Waals surface area contributed by atoms with Gasteiger partial charge in [-0.15, -0.1) is 0 Å². The molecule has 3 heteroatoms. The summed E-state index contributed by atoms with van der Waals surface area (Å²) in [7, 11) is 1.43. The van der Waals surface area contributed by atoms with E-state index in [9.17, 15) is 4.79 Å². The van der Waals surface area contributed by atoms with Crippen molar-refractivity contribution >= 4 is 5.97 Å². The van der Waals surface area contributed by atoms with Crippen LogP contribution in [0.4, 0.5) is 0 Å². The van der Waals surface area contributed by atoms with Crippen LogP contribution in [-0.2, 0) is 14.3 Å². The van der Waals surface area contributed by atoms with Gasteiger partial charge in [0.05, 0.1) is 19.1 Å². The number of unbranched alkanes of at least 4 members (excludes halogenated alkanes) is 1. The number of rotatable bonds is 5. The molecule has 0 aromatic heterocycles. The highest BCUT2D eigenvalue weighted by atomic mass is 16.5. The van der Waals surface area contributed by atoms with E-state index in [0.717, 1.165) is 19.4 Å². The minimum Gasteiger partial charge on any atom is -0.469 e. The number of carbonyl (C=O) groups excluding carboxylic acids is 1. The highest BCUT2D eigenvalue weighted by Gasteiger charge is 2.63. The van der Waals surface area contributed by atoms with Crippen LogP contribution in [0.5, 0.6) is 0 Å². The monoisotopic (exact) mass is 200 g/mol. The van der Waals surface area contributed by atoms with Crippen LogP contribution in [0.3, 0.4) is 0 Å². The summed E-state index contributed by atoms with van der Waals surface area (Å²) in [6.07, 6.45) is 2.23. The van der Waals surface area contributed by atoms with Crippen molar-refractivity contribution in [3.8, 4) is 0 Å². The average Bonchev–Trinajstić information content (AvgIpc) is 2.68. The lowest BCUT2D eigenvalue weighted by Crippen LogP contribution is -2.09. The fourth-order valence-corrected chi connectivity index (χ4v) is 1.81. The van der Waals surface area contributed by atoms with Gasteiger partial charge >= 0.3 is 5.97 Å². The first-order chi connectivity index (χ1) is 6.55. The van der Waals surface area contributed by atoms with E-state index < -0.39 is 0 Å². The Hall–Kier alpha value is -0.570. The third kappa shape index (κ3) is 2.08. The maximum atomic E-state index is 11.3. The summed E-state index contributed by atoms with van der Waals surface area (Å²) in [4.78, 5) is 11.3. The second-order valence-corrected chi connectivity index (χ2v) is 4.47. The molecule has 82 valence electrons. The summed E-state index contributed by atoms with van der Waals surface area (Å²) < 4.78 is 10.4.